The van der Waals surface area contributed by atoms with E-state index in [1.165, 1.54) is 43.4 Å². The average Bonchev–Trinajstić information content (AvgIpc) is 3.54. The van der Waals surface area contributed by atoms with Crippen LogP contribution in [0.2, 0.25) is 0 Å². The molecule has 5 nitrogen and oxygen atoms in total. The molecule has 0 fully saturated rings. The Labute approximate surface area is 202 Å². The predicted octanol–water partition coefficient (Wildman–Crippen LogP) is 6.83. The van der Waals surface area contributed by atoms with Crippen LogP contribution in [-0.4, -0.2) is 27.9 Å². The van der Waals surface area contributed by atoms with E-state index in [-0.39, 0.29) is 5.75 Å². The Morgan fingerprint density at radius 1 is 1.00 bits per heavy atom. The molecule has 3 heterocycles. The number of nitrogens with one attached hydrogen (secondary N) is 2. The molecule has 178 valence electrons. The van der Waals surface area contributed by atoms with Gasteiger partial charge in [0.05, 0.1) is 18.5 Å². The van der Waals surface area contributed by atoms with Gasteiger partial charge in [0, 0.05) is 29.6 Å². The maximum atomic E-state index is 9.48. The molecular weight excluding hydrogens is 422 g/mol. The van der Waals surface area contributed by atoms with Gasteiger partial charge in [-0.3, -0.25) is 0 Å². The first-order valence-electron chi connectivity index (χ1n) is 12.3. The van der Waals surface area contributed by atoms with Crippen LogP contribution < -0.4 is 0 Å². The summed E-state index contributed by atoms with van der Waals surface area (Å²) < 4.78 is 5.63. The van der Waals surface area contributed by atoms with Gasteiger partial charge < -0.3 is 19.8 Å². The summed E-state index contributed by atoms with van der Waals surface area (Å²) in [5, 5.41) is 9.48. The molecule has 0 amide bonds. The predicted molar refractivity (Wildman–Crippen MR) is 139 cm³/mol. The van der Waals surface area contributed by atoms with Gasteiger partial charge in [-0.25, -0.2) is 4.99 Å². The highest BCUT2D eigenvalue weighted by atomic mass is 16.5. The molecule has 0 spiro atoms. The highest BCUT2D eigenvalue weighted by Gasteiger charge is 2.18. The molecule has 0 unspecified atom stereocenters. The van der Waals surface area contributed by atoms with Gasteiger partial charge in [0.2, 0.25) is 0 Å². The second-order valence-corrected chi connectivity index (χ2v) is 9.02. The Hall–Kier alpha value is -3.47. The zero-order valence-corrected chi connectivity index (χ0v) is 20.4. The van der Waals surface area contributed by atoms with Crippen LogP contribution in [0.4, 0.5) is 0 Å². The molecule has 0 atom stereocenters. The summed E-state index contributed by atoms with van der Waals surface area (Å²) in [6.45, 7) is 4.40. The molecule has 2 aromatic heterocycles. The molecule has 0 aliphatic carbocycles. The second-order valence-electron chi connectivity index (χ2n) is 9.02. The van der Waals surface area contributed by atoms with Crippen molar-refractivity contribution in [1.29, 1.82) is 0 Å². The lowest BCUT2D eigenvalue weighted by Gasteiger charge is -2.00. The molecule has 1 aromatic carbocycles. The number of hydrogen-bond acceptors (Lipinski definition) is 3. The zero-order chi connectivity index (χ0) is 23.9. The van der Waals surface area contributed by atoms with Gasteiger partial charge in [0.25, 0.3) is 0 Å². The first-order valence-corrected chi connectivity index (χ1v) is 12.3. The lowest BCUT2D eigenvalue weighted by molar-refractivity contribution is 0.303. The third-order valence-electron chi connectivity index (χ3n) is 6.32. The largest absolute Gasteiger partial charge is 0.508 e. The summed E-state index contributed by atoms with van der Waals surface area (Å²) in [5.74, 6) is 1.04. The fourth-order valence-electron chi connectivity index (χ4n) is 4.38. The summed E-state index contributed by atoms with van der Waals surface area (Å²) in [7, 11) is 1.69. The minimum absolute atomic E-state index is 0.282. The van der Waals surface area contributed by atoms with Gasteiger partial charge in [-0.15, -0.1) is 0 Å². The highest BCUT2D eigenvalue weighted by Crippen LogP contribution is 2.26. The van der Waals surface area contributed by atoms with Gasteiger partial charge >= 0.3 is 0 Å². The van der Waals surface area contributed by atoms with Gasteiger partial charge in [0.15, 0.2) is 0 Å². The Morgan fingerprint density at radius 2 is 1.79 bits per heavy atom. The van der Waals surface area contributed by atoms with Crippen LogP contribution in [0.15, 0.2) is 65.0 Å². The third-order valence-corrected chi connectivity index (χ3v) is 6.32. The lowest BCUT2D eigenvalue weighted by atomic mass is 10.1. The summed E-state index contributed by atoms with van der Waals surface area (Å²) in [6.07, 6.45) is 12.4. The van der Waals surface area contributed by atoms with Crippen molar-refractivity contribution in [2.75, 3.05) is 7.11 Å². The quantitative estimate of drug-likeness (QED) is 0.276. The molecule has 3 aromatic rings. The number of allylic oxidation sites excluding steroid dienone is 1. The molecule has 34 heavy (non-hydrogen) atoms. The Balaban J connectivity index is 1.46. The molecule has 0 saturated carbocycles. The van der Waals surface area contributed by atoms with Crippen molar-refractivity contribution in [1.82, 2.24) is 9.97 Å². The summed E-state index contributed by atoms with van der Waals surface area (Å²) >= 11 is 0. The Kier molecular flexibility index (Phi) is 7.73. The molecule has 0 bridgehead atoms. The SMILES string of the molecule is CCCCCCCc1cc(/C=C2\N=C(c3ccc(Cc4ccc(O)cc4)[nH]3)C=C2OC)[nH]c1C. The smallest absolute Gasteiger partial charge is 0.146 e. The number of H-pyrrole nitrogens is 2. The van der Waals surface area contributed by atoms with Crippen LogP contribution in [-0.2, 0) is 17.6 Å². The second kappa shape index (κ2) is 11.1. The number of aromatic hydroxyl groups is 1. The maximum absolute atomic E-state index is 9.48. The fraction of sp³-hybridized carbons (Fsp3) is 0.345. The monoisotopic (exact) mass is 457 g/mol. The average molecular weight is 458 g/mol. The third kappa shape index (κ3) is 5.90. The van der Waals surface area contributed by atoms with E-state index in [4.69, 9.17) is 9.73 Å². The molecule has 4 rings (SSSR count). The van der Waals surface area contributed by atoms with E-state index in [2.05, 4.69) is 48.1 Å². The van der Waals surface area contributed by atoms with Gasteiger partial charge in [0.1, 0.15) is 17.2 Å². The van der Waals surface area contributed by atoms with Gasteiger partial charge in [-0.05, 0) is 67.3 Å². The molecule has 0 saturated heterocycles. The number of methoxy groups -OCH3 is 1. The fourth-order valence-corrected chi connectivity index (χ4v) is 4.38. The van der Waals surface area contributed by atoms with Crippen molar-refractivity contribution < 1.29 is 9.84 Å². The van der Waals surface area contributed by atoms with E-state index in [9.17, 15) is 5.11 Å². The lowest BCUT2D eigenvalue weighted by Crippen LogP contribution is -1.96. The molecule has 3 N–H and O–H groups in total. The van der Waals surface area contributed by atoms with Crippen molar-refractivity contribution >= 4 is 11.8 Å². The summed E-state index contributed by atoms with van der Waals surface area (Å²) in [6, 6.07) is 13.7. The number of phenolic OH excluding ortho intramolecular Hbond substituents is 1. The summed E-state index contributed by atoms with van der Waals surface area (Å²) in [5.41, 5.74) is 8.55. The number of ether oxygens (including phenoxy) is 1. The minimum atomic E-state index is 0.282. The zero-order valence-electron chi connectivity index (χ0n) is 20.4. The van der Waals surface area contributed by atoms with Crippen molar-refractivity contribution in [3.63, 3.8) is 0 Å². The number of aryl methyl sites for hydroxylation is 2. The minimum Gasteiger partial charge on any atom is -0.508 e. The topological polar surface area (TPSA) is 73.4 Å². The van der Waals surface area contributed by atoms with Gasteiger partial charge in [-0.2, -0.15) is 0 Å². The number of rotatable bonds is 11. The Bertz CT molecular complexity index is 1190. The van der Waals surface area contributed by atoms with Crippen LogP contribution in [0, 0.1) is 6.92 Å². The number of benzene rings is 1. The van der Waals surface area contributed by atoms with Crippen LogP contribution in [0.1, 0.15) is 72.9 Å². The normalized spacial score (nSPS) is 14.5. The molecule has 5 heteroatoms. The van der Waals surface area contributed by atoms with Crippen LogP contribution in [0.5, 0.6) is 5.75 Å². The first-order chi connectivity index (χ1) is 16.6. The van der Waals surface area contributed by atoms with E-state index in [0.717, 1.165) is 52.7 Å². The van der Waals surface area contributed by atoms with Crippen LogP contribution in [0.3, 0.4) is 0 Å². The number of nitrogens with zero attached hydrogens (tertiary/aromatic N) is 1. The van der Waals surface area contributed by atoms with E-state index >= 15 is 0 Å². The van der Waals surface area contributed by atoms with Crippen LogP contribution >= 0.6 is 0 Å². The van der Waals surface area contributed by atoms with E-state index in [1.807, 2.05) is 18.2 Å². The molecule has 1 aliphatic heterocycles. The van der Waals surface area contributed by atoms with Crippen molar-refractivity contribution in [3.8, 4) is 5.75 Å². The Morgan fingerprint density at radius 3 is 2.56 bits per heavy atom. The number of phenols is 1. The molecular formula is C29H35N3O2. The van der Waals surface area contributed by atoms with Crippen LogP contribution in [0.25, 0.3) is 6.08 Å². The standard InChI is InChI=1S/C29H35N3O2/c1-4-5-6-7-8-9-22-17-24(30-20(22)2)18-28-29(34-3)19-27(32-28)26-15-12-23(31-26)16-21-10-13-25(33)14-11-21/h10-15,17-19,30-31,33H,4-9,16H2,1-3H3/b28-18-. The first kappa shape index (κ1) is 23.7. The van der Waals surface area contributed by atoms with Crippen molar-refractivity contribution in [3.05, 3.63) is 93.9 Å². The van der Waals surface area contributed by atoms with Crippen molar-refractivity contribution in [2.45, 2.75) is 58.8 Å². The molecule has 0 radical (unpaired) electrons. The van der Waals surface area contributed by atoms with E-state index in [1.54, 1.807) is 19.2 Å². The highest BCUT2D eigenvalue weighted by molar-refractivity contribution is 6.11. The van der Waals surface area contributed by atoms with Gasteiger partial charge in [-0.1, -0.05) is 44.7 Å². The summed E-state index contributed by atoms with van der Waals surface area (Å²) in [4.78, 5) is 11.8. The van der Waals surface area contributed by atoms with Crippen molar-refractivity contribution in [2.24, 2.45) is 4.99 Å². The molecule has 1 aliphatic rings. The van der Waals surface area contributed by atoms with E-state index < -0.39 is 0 Å². The maximum Gasteiger partial charge on any atom is 0.146 e. The number of aromatic amines is 2. The number of unbranched alkanes of at least 4 members (excludes halogenated alkanes) is 4. The van der Waals surface area contributed by atoms with E-state index in [0.29, 0.717) is 0 Å². The number of aromatic nitrogens is 2. The number of hydrogen-bond donors (Lipinski definition) is 3. The number of aliphatic imine (C=N–C) groups is 1.